The molecule has 0 radical (unpaired) electrons. The summed E-state index contributed by atoms with van der Waals surface area (Å²) in [5.41, 5.74) is 3.50. The molecule has 0 saturated carbocycles. The third-order valence-electron chi connectivity index (χ3n) is 5.98. The van der Waals surface area contributed by atoms with Crippen molar-refractivity contribution in [2.45, 2.75) is 23.8 Å². The van der Waals surface area contributed by atoms with Crippen molar-refractivity contribution in [2.24, 2.45) is 5.16 Å². The van der Waals surface area contributed by atoms with Gasteiger partial charge < -0.3 is 15.5 Å². The largest absolute Gasteiger partial charge is 0.399 e. The Bertz CT molecular complexity index is 1280. The number of nitrogens with one attached hydrogen (secondary N) is 2. The van der Waals surface area contributed by atoms with Crippen molar-refractivity contribution in [2.75, 3.05) is 32.1 Å². The molecule has 0 unspecified atom stereocenters. The lowest BCUT2D eigenvalue weighted by atomic mass is 10.1. The fourth-order valence-electron chi connectivity index (χ4n) is 4.23. The number of nitrogens with zero attached hydrogens (tertiary/aromatic N) is 2. The summed E-state index contributed by atoms with van der Waals surface area (Å²) in [5, 5.41) is 10.1. The molecule has 0 spiro atoms. The standard InChI is InChI=1S/C27H30N4O4S/c1-35-30-24-18-25(19-27(32)29-17-16-28-23-10-6-3-7-11-23)31(20-24)36(33,34)26-14-12-22(13-15-26)21-8-4-2-5-9-21/h2-15,25,28H,16-20H2,1H3,(H,29,32)/t25-/m0/s1. The third kappa shape index (κ3) is 6.30. The molecule has 0 aromatic heterocycles. The Morgan fingerprint density at radius 1 is 0.944 bits per heavy atom. The van der Waals surface area contributed by atoms with Crippen LogP contribution in [0.15, 0.2) is 95.0 Å². The summed E-state index contributed by atoms with van der Waals surface area (Å²) in [4.78, 5) is 17.7. The Balaban J connectivity index is 1.41. The maximum atomic E-state index is 13.5. The Kier molecular flexibility index (Phi) is 8.35. The number of benzene rings is 3. The van der Waals surface area contributed by atoms with Crippen LogP contribution in [0.5, 0.6) is 0 Å². The fourth-order valence-corrected chi connectivity index (χ4v) is 5.85. The summed E-state index contributed by atoms with van der Waals surface area (Å²) >= 11 is 0. The van der Waals surface area contributed by atoms with Crippen molar-refractivity contribution in [3.05, 3.63) is 84.9 Å². The van der Waals surface area contributed by atoms with E-state index in [0.717, 1.165) is 16.8 Å². The average Bonchev–Trinajstić information content (AvgIpc) is 3.31. The quantitative estimate of drug-likeness (QED) is 0.322. The Hall–Kier alpha value is -3.69. The highest BCUT2D eigenvalue weighted by atomic mass is 32.2. The summed E-state index contributed by atoms with van der Waals surface area (Å²) in [5.74, 6) is -0.215. The highest BCUT2D eigenvalue weighted by molar-refractivity contribution is 7.89. The second kappa shape index (κ2) is 11.8. The van der Waals surface area contributed by atoms with E-state index in [-0.39, 0.29) is 23.8 Å². The zero-order chi connectivity index (χ0) is 25.4. The predicted molar refractivity (Wildman–Crippen MR) is 141 cm³/mol. The molecule has 1 saturated heterocycles. The highest BCUT2D eigenvalue weighted by Crippen LogP contribution is 2.29. The van der Waals surface area contributed by atoms with Crippen molar-refractivity contribution in [3.63, 3.8) is 0 Å². The van der Waals surface area contributed by atoms with Gasteiger partial charge in [0.1, 0.15) is 7.11 Å². The first-order valence-corrected chi connectivity index (χ1v) is 13.2. The number of carbonyl (C=O) groups excluding carboxylic acids is 1. The molecule has 1 atom stereocenters. The van der Waals surface area contributed by atoms with Gasteiger partial charge in [-0.1, -0.05) is 65.8 Å². The first-order chi connectivity index (χ1) is 17.5. The van der Waals surface area contributed by atoms with Gasteiger partial charge >= 0.3 is 0 Å². The van der Waals surface area contributed by atoms with Gasteiger partial charge in [0.05, 0.1) is 17.2 Å². The SMILES string of the molecule is CON=C1C[C@@H](CC(=O)NCCNc2ccccc2)N(S(=O)(=O)c2ccc(-c3ccccc3)cc2)C1. The lowest BCUT2D eigenvalue weighted by Crippen LogP contribution is -2.40. The molecule has 4 rings (SSSR count). The van der Waals surface area contributed by atoms with Crippen molar-refractivity contribution in [3.8, 4) is 11.1 Å². The third-order valence-corrected chi connectivity index (χ3v) is 7.89. The Morgan fingerprint density at radius 2 is 1.58 bits per heavy atom. The molecule has 1 heterocycles. The van der Waals surface area contributed by atoms with E-state index in [0.29, 0.717) is 25.2 Å². The number of carbonyl (C=O) groups is 1. The number of sulfonamides is 1. The molecule has 0 aliphatic carbocycles. The van der Waals surface area contributed by atoms with Gasteiger partial charge in [0, 0.05) is 37.7 Å². The maximum absolute atomic E-state index is 13.5. The van der Waals surface area contributed by atoms with Crippen LogP contribution in [0.3, 0.4) is 0 Å². The van der Waals surface area contributed by atoms with E-state index >= 15 is 0 Å². The maximum Gasteiger partial charge on any atom is 0.243 e. The molecule has 1 amide bonds. The lowest BCUT2D eigenvalue weighted by molar-refractivity contribution is -0.121. The molecule has 3 aromatic rings. The molecule has 1 aliphatic heterocycles. The van der Waals surface area contributed by atoms with Crippen molar-refractivity contribution in [1.29, 1.82) is 0 Å². The van der Waals surface area contributed by atoms with E-state index < -0.39 is 16.1 Å². The number of oxime groups is 1. The number of rotatable bonds is 10. The summed E-state index contributed by atoms with van der Waals surface area (Å²) in [6, 6.07) is 25.7. The lowest BCUT2D eigenvalue weighted by Gasteiger charge is -2.23. The van der Waals surface area contributed by atoms with Gasteiger partial charge in [0.2, 0.25) is 15.9 Å². The molecule has 188 valence electrons. The van der Waals surface area contributed by atoms with Crippen molar-refractivity contribution >= 4 is 27.3 Å². The van der Waals surface area contributed by atoms with Crippen molar-refractivity contribution in [1.82, 2.24) is 9.62 Å². The fraction of sp³-hybridized carbons (Fsp3) is 0.259. The van der Waals surface area contributed by atoms with Crippen LogP contribution in [0.1, 0.15) is 12.8 Å². The highest BCUT2D eigenvalue weighted by Gasteiger charge is 2.39. The van der Waals surface area contributed by atoms with Gasteiger partial charge in [0.15, 0.2) is 0 Å². The van der Waals surface area contributed by atoms with Crippen LogP contribution in [0, 0.1) is 0 Å². The average molecular weight is 507 g/mol. The smallest absolute Gasteiger partial charge is 0.243 e. The van der Waals surface area contributed by atoms with E-state index in [2.05, 4.69) is 15.8 Å². The topological polar surface area (TPSA) is 100 Å². The van der Waals surface area contributed by atoms with Crippen LogP contribution < -0.4 is 10.6 Å². The van der Waals surface area contributed by atoms with Crippen LogP contribution >= 0.6 is 0 Å². The number of para-hydroxylation sites is 1. The number of hydrogen-bond acceptors (Lipinski definition) is 6. The predicted octanol–water partition coefficient (Wildman–Crippen LogP) is 3.74. The number of hydrogen-bond donors (Lipinski definition) is 2. The molecule has 1 aliphatic rings. The minimum atomic E-state index is -3.84. The van der Waals surface area contributed by atoms with Crippen LogP contribution in [0.2, 0.25) is 0 Å². The summed E-state index contributed by atoms with van der Waals surface area (Å²) in [6.45, 7) is 1.07. The van der Waals surface area contributed by atoms with E-state index in [1.807, 2.05) is 60.7 Å². The Morgan fingerprint density at radius 3 is 2.25 bits per heavy atom. The van der Waals surface area contributed by atoms with Crippen LogP contribution in [-0.2, 0) is 19.7 Å². The molecular formula is C27H30N4O4S. The zero-order valence-electron chi connectivity index (χ0n) is 20.1. The van der Waals surface area contributed by atoms with E-state index in [9.17, 15) is 13.2 Å². The van der Waals surface area contributed by atoms with E-state index in [1.165, 1.54) is 11.4 Å². The molecule has 1 fully saturated rings. The van der Waals surface area contributed by atoms with Crippen LogP contribution in [-0.4, -0.2) is 57.1 Å². The zero-order valence-corrected chi connectivity index (χ0v) is 20.9. The second-order valence-electron chi connectivity index (χ2n) is 8.49. The molecule has 36 heavy (non-hydrogen) atoms. The van der Waals surface area contributed by atoms with Gasteiger partial charge in [-0.3, -0.25) is 4.79 Å². The normalized spacial score (nSPS) is 17.1. The molecular weight excluding hydrogens is 476 g/mol. The molecule has 9 heteroatoms. The Labute approximate surface area is 212 Å². The summed E-state index contributed by atoms with van der Waals surface area (Å²) in [6.07, 6.45) is 0.375. The van der Waals surface area contributed by atoms with Crippen LogP contribution in [0.4, 0.5) is 5.69 Å². The molecule has 2 N–H and O–H groups in total. The first-order valence-electron chi connectivity index (χ1n) is 11.8. The second-order valence-corrected chi connectivity index (χ2v) is 10.4. The first kappa shape index (κ1) is 25.4. The number of anilines is 1. The minimum absolute atomic E-state index is 0.0371. The molecule has 3 aromatic carbocycles. The number of amides is 1. The van der Waals surface area contributed by atoms with Gasteiger partial charge in [-0.2, -0.15) is 4.31 Å². The monoisotopic (exact) mass is 506 g/mol. The van der Waals surface area contributed by atoms with Crippen LogP contribution in [0.25, 0.3) is 11.1 Å². The van der Waals surface area contributed by atoms with Crippen molar-refractivity contribution < 1.29 is 18.0 Å². The van der Waals surface area contributed by atoms with Gasteiger partial charge in [0.25, 0.3) is 0 Å². The van der Waals surface area contributed by atoms with Gasteiger partial charge in [-0.15, -0.1) is 0 Å². The summed E-state index contributed by atoms with van der Waals surface area (Å²) < 4.78 is 28.4. The van der Waals surface area contributed by atoms with E-state index in [4.69, 9.17) is 4.84 Å². The minimum Gasteiger partial charge on any atom is -0.399 e. The molecule has 8 nitrogen and oxygen atoms in total. The van der Waals surface area contributed by atoms with Gasteiger partial charge in [-0.25, -0.2) is 8.42 Å². The summed E-state index contributed by atoms with van der Waals surface area (Å²) in [7, 11) is -2.42. The van der Waals surface area contributed by atoms with E-state index in [1.54, 1.807) is 24.3 Å². The van der Waals surface area contributed by atoms with Gasteiger partial charge in [-0.05, 0) is 35.4 Å². The molecule has 0 bridgehead atoms.